The number of hydrogen-bond acceptors (Lipinski definition) is 3. The maximum Gasteiger partial charge on any atom is 0.326 e. The van der Waals surface area contributed by atoms with Crippen molar-refractivity contribution >= 4 is 11.9 Å². The molecule has 2 aromatic rings. The highest BCUT2D eigenvalue weighted by atomic mass is 16.4. The second kappa shape index (κ2) is 8.17. The Balaban J connectivity index is 1.52. The van der Waals surface area contributed by atoms with Gasteiger partial charge in [0.15, 0.2) is 0 Å². The molecule has 1 aliphatic heterocycles. The van der Waals surface area contributed by atoms with Crippen LogP contribution < -0.4 is 0 Å². The molecule has 4 rings (SSSR count). The fourth-order valence-electron chi connectivity index (χ4n) is 4.54. The topological polar surface area (TPSA) is 75.4 Å². The van der Waals surface area contributed by atoms with Crippen molar-refractivity contribution in [3.63, 3.8) is 0 Å². The largest absolute Gasteiger partial charge is 0.480 e. The van der Waals surface area contributed by atoms with Crippen molar-refractivity contribution in [2.75, 3.05) is 0 Å². The SMILES string of the molecule is O=C(O)C1Cc2c(ncn2Cc2ccccc2)CN1C(=O)CC1CCCCC1. The Hall–Kier alpha value is -2.63. The lowest BCUT2D eigenvalue weighted by Gasteiger charge is -2.34. The number of hydrogen-bond donors (Lipinski definition) is 1. The number of amides is 1. The summed E-state index contributed by atoms with van der Waals surface area (Å²) in [6.07, 6.45) is 8.29. The number of benzene rings is 1. The van der Waals surface area contributed by atoms with Crippen molar-refractivity contribution in [1.29, 1.82) is 0 Å². The first-order valence-electron chi connectivity index (χ1n) is 10.2. The highest BCUT2D eigenvalue weighted by Crippen LogP contribution is 2.29. The minimum atomic E-state index is -0.935. The van der Waals surface area contributed by atoms with Crippen LogP contribution in [0.5, 0.6) is 0 Å². The van der Waals surface area contributed by atoms with Gasteiger partial charge < -0.3 is 14.6 Å². The second-order valence-corrected chi connectivity index (χ2v) is 8.04. The molecule has 1 unspecified atom stereocenters. The predicted molar refractivity (Wildman–Crippen MR) is 105 cm³/mol. The summed E-state index contributed by atoms with van der Waals surface area (Å²) in [4.78, 5) is 30.9. The van der Waals surface area contributed by atoms with Gasteiger partial charge in [-0.1, -0.05) is 49.6 Å². The Kier molecular flexibility index (Phi) is 5.46. The number of aliphatic carboxylic acids is 1. The van der Waals surface area contributed by atoms with Gasteiger partial charge in [0, 0.05) is 25.1 Å². The van der Waals surface area contributed by atoms with Gasteiger partial charge in [-0.25, -0.2) is 9.78 Å². The van der Waals surface area contributed by atoms with Crippen LogP contribution >= 0.6 is 0 Å². The summed E-state index contributed by atoms with van der Waals surface area (Å²) in [5.74, 6) is -0.578. The number of fused-ring (bicyclic) bond motifs is 1. The lowest BCUT2D eigenvalue weighted by atomic mass is 9.86. The van der Waals surface area contributed by atoms with E-state index in [-0.39, 0.29) is 5.91 Å². The number of aromatic nitrogens is 2. The normalized spacial score (nSPS) is 20.0. The lowest BCUT2D eigenvalue weighted by Crippen LogP contribution is -2.49. The van der Waals surface area contributed by atoms with Gasteiger partial charge in [-0.2, -0.15) is 0 Å². The molecule has 2 heterocycles. The van der Waals surface area contributed by atoms with E-state index >= 15 is 0 Å². The van der Waals surface area contributed by atoms with E-state index in [1.807, 2.05) is 34.9 Å². The van der Waals surface area contributed by atoms with Crippen molar-refractivity contribution in [2.24, 2.45) is 5.92 Å². The van der Waals surface area contributed by atoms with Gasteiger partial charge in [-0.15, -0.1) is 0 Å². The molecule has 0 bridgehead atoms. The fourth-order valence-corrected chi connectivity index (χ4v) is 4.54. The quantitative estimate of drug-likeness (QED) is 0.863. The molecule has 6 heteroatoms. The number of nitrogens with zero attached hydrogens (tertiary/aromatic N) is 3. The number of rotatable bonds is 5. The molecule has 1 saturated carbocycles. The minimum absolute atomic E-state index is 0.0393. The van der Waals surface area contributed by atoms with E-state index in [0.717, 1.165) is 29.8 Å². The maximum atomic E-state index is 12.9. The first-order valence-corrected chi connectivity index (χ1v) is 10.2. The van der Waals surface area contributed by atoms with Crippen LogP contribution in [0.3, 0.4) is 0 Å². The molecular formula is C22H27N3O3. The van der Waals surface area contributed by atoms with E-state index in [0.29, 0.717) is 31.8 Å². The monoisotopic (exact) mass is 381 g/mol. The van der Waals surface area contributed by atoms with Gasteiger partial charge >= 0.3 is 5.97 Å². The van der Waals surface area contributed by atoms with Crippen molar-refractivity contribution < 1.29 is 14.7 Å². The zero-order valence-electron chi connectivity index (χ0n) is 16.1. The summed E-state index contributed by atoms with van der Waals surface area (Å²) >= 11 is 0. The van der Waals surface area contributed by atoms with Crippen molar-refractivity contribution in [2.45, 2.75) is 64.1 Å². The molecule has 1 amide bonds. The number of carbonyl (C=O) groups is 2. The third-order valence-corrected chi connectivity index (χ3v) is 6.10. The van der Waals surface area contributed by atoms with Crippen molar-refractivity contribution in [1.82, 2.24) is 14.5 Å². The van der Waals surface area contributed by atoms with Gasteiger partial charge in [0.25, 0.3) is 0 Å². The van der Waals surface area contributed by atoms with Gasteiger partial charge in [-0.05, 0) is 24.3 Å². The van der Waals surface area contributed by atoms with Gasteiger partial charge in [0.2, 0.25) is 5.91 Å². The highest BCUT2D eigenvalue weighted by Gasteiger charge is 2.37. The van der Waals surface area contributed by atoms with Crippen molar-refractivity contribution in [3.05, 3.63) is 53.6 Å². The van der Waals surface area contributed by atoms with Crippen LogP contribution in [0, 0.1) is 5.92 Å². The van der Waals surface area contributed by atoms with Crippen molar-refractivity contribution in [3.8, 4) is 0 Å². The molecule has 1 aromatic heterocycles. The summed E-state index contributed by atoms with van der Waals surface area (Å²) < 4.78 is 2.02. The summed E-state index contributed by atoms with van der Waals surface area (Å²) in [7, 11) is 0. The average molecular weight is 381 g/mol. The number of carboxylic acids is 1. The van der Waals surface area contributed by atoms with Crippen LogP contribution in [-0.4, -0.2) is 37.5 Å². The lowest BCUT2D eigenvalue weighted by molar-refractivity contribution is -0.152. The Morgan fingerprint density at radius 3 is 2.57 bits per heavy atom. The molecule has 1 fully saturated rings. The average Bonchev–Trinajstić information content (AvgIpc) is 3.10. The third-order valence-electron chi connectivity index (χ3n) is 6.10. The molecule has 1 N–H and O–H groups in total. The molecule has 0 spiro atoms. The number of imidazole rings is 1. The molecule has 0 radical (unpaired) electrons. The minimum Gasteiger partial charge on any atom is -0.480 e. The Morgan fingerprint density at radius 2 is 1.86 bits per heavy atom. The molecule has 28 heavy (non-hydrogen) atoms. The van der Waals surface area contributed by atoms with E-state index in [2.05, 4.69) is 4.98 Å². The zero-order valence-corrected chi connectivity index (χ0v) is 16.1. The standard InChI is InChI=1S/C22H27N3O3/c26-21(11-16-7-3-1-4-8-16)25-14-18-19(12-20(25)22(27)28)24(15-23-18)13-17-9-5-2-6-10-17/h2,5-6,9-10,15-16,20H,1,3-4,7-8,11-14H2,(H,27,28). The second-order valence-electron chi connectivity index (χ2n) is 8.04. The van der Waals surface area contributed by atoms with Crippen LogP contribution in [0.2, 0.25) is 0 Å². The number of carboxylic acid groups (broad SMARTS) is 1. The maximum absolute atomic E-state index is 12.9. The molecule has 0 saturated heterocycles. The molecule has 148 valence electrons. The van der Waals surface area contributed by atoms with Crippen LogP contribution in [0.1, 0.15) is 55.5 Å². The first-order chi connectivity index (χ1) is 13.6. The first kappa shape index (κ1) is 18.7. The Bertz CT molecular complexity index is 840. The summed E-state index contributed by atoms with van der Waals surface area (Å²) in [5, 5.41) is 9.78. The van der Waals surface area contributed by atoms with Crippen LogP contribution in [0.15, 0.2) is 36.7 Å². The summed E-state index contributed by atoms with van der Waals surface area (Å²) in [6.45, 7) is 0.950. The Labute approximate surface area is 165 Å². The molecule has 6 nitrogen and oxygen atoms in total. The van der Waals surface area contributed by atoms with Crippen LogP contribution in [0.25, 0.3) is 0 Å². The van der Waals surface area contributed by atoms with E-state index in [1.54, 1.807) is 11.2 Å². The van der Waals surface area contributed by atoms with Gasteiger partial charge in [0.1, 0.15) is 6.04 Å². The van der Waals surface area contributed by atoms with Crippen LogP contribution in [0.4, 0.5) is 0 Å². The van der Waals surface area contributed by atoms with E-state index in [4.69, 9.17) is 0 Å². The number of carbonyl (C=O) groups excluding carboxylic acids is 1. The van der Waals surface area contributed by atoms with E-state index in [1.165, 1.54) is 19.3 Å². The third kappa shape index (κ3) is 3.96. The zero-order chi connectivity index (χ0) is 19.5. The molecule has 2 aliphatic rings. The molecule has 1 aliphatic carbocycles. The van der Waals surface area contributed by atoms with Gasteiger partial charge in [0.05, 0.1) is 18.6 Å². The molecule has 1 aromatic carbocycles. The highest BCUT2D eigenvalue weighted by molar-refractivity contribution is 5.84. The van der Waals surface area contributed by atoms with E-state index in [9.17, 15) is 14.7 Å². The molecular weight excluding hydrogens is 354 g/mol. The fraction of sp³-hybridized carbons (Fsp3) is 0.500. The van der Waals surface area contributed by atoms with Crippen LogP contribution in [-0.2, 0) is 29.1 Å². The summed E-state index contributed by atoms with van der Waals surface area (Å²) in [6, 6.07) is 9.24. The van der Waals surface area contributed by atoms with Gasteiger partial charge in [-0.3, -0.25) is 4.79 Å². The Morgan fingerprint density at radius 1 is 1.11 bits per heavy atom. The molecule has 1 atom stereocenters. The predicted octanol–water partition coefficient (Wildman–Crippen LogP) is 3.24. The smallest absolute Gasteiger partial charge is 0.326 e. The van der Waals surface area contributed by atoms with E-state index < -0.39 is 12.0 Å². The summed E-state index contributed by atoms with van der Waals surface area (Å²) in [5.41, 5.74) is 2.90.